The van der Waals surface area contributed by atoms with Crippen molar-refractivity contribution in [2.45, 2.75) is 78.3 Å². The largest absolute Gasteiger partial charge is 0.476 e. The minimum atomic E-state index is -2.66. The lowest BCUT2D eigenvalue weighted by Crippen LogP contribution is -2.50. The highest BCUT2D eigenvalue weighted by atomic mass is 19.3. The van der Waals surface area contributed by atoms with Crippen LogP contribution in [-0.2, 0) is 31.2 Å². The molecule has 7 heterocycles. The SMILES string of the molecule is CC(=O)[N+]1=CCc2c(c(N3CCCc4cc(-c5cnn(C)c5)c(C(F)F)cc43)nn2C2CCN(CC3CCN(c4ccc(C(=O)O)nn4)CC3(C)C)CC2)C1. The highest BCUT2D eigenvalue weighted by Crippen LogP contribution is 2.44. The number of alkyl halides is 2. The Morgan fingerprint density at radius 2 is 1.87 bits per heavy atom. The Morgan fingerprint density at radius 1 is 1.07 bits per heavy atom. The number of carbonyl (C=O) groups excluding carboxylic acids is 1. The van der Waals surface area contributed by atoms with E-state index in [0.717, 1.165) is 93.2 Å². The number of nitrogens with zero attached hydrogens (tertiary/aromatic N) is 10. The van der Waals surface area contributed by atoms with Gasteiger partial charge in [0.05, 0.1) is 36.8 Å². The second kappa shape index (κ2) is 14.5. The molecule has 4 aliphatic heterocycles. The van der Waals surface area contributed by atoms with Gasteiger partial charge in [0, 0.05) is 69.3 Å². The number of aromatic nitrogens is 6. The van der Waals surface area contributed by atoms with E-state index in [4.69, 9.17) is 5.10 Å². The van der Waals surface area contributed by atoms with Crippen LogP contribution in [0.15, 0.2) is 36.7 Å². The lowest BCUT2D eigenvalue weighted by Gasteiger charge is -2.47. The molecule has 0 aliphatic carbocycles. The molecule has 13 nitrogen and oxygen atoms in total. The van der Waals surface area contributed by atoms with E-state index >= 15 is 0 Å². The number of carbonyl (C=O) groups is 2. The number of amides is 1. The van der Waals surface area contributed by atoms with E-state index < -0.39 is 12.4 Å². The molecule has 15 heteroatoms. The standard InChI is InChI=1S/C40H48F2N10O3/c1-25(53)49-17-12-34-32(23-49)38(51-13-5-6-26-18-30(27-20-43-47(4)21-27)31(37(41)42)19-35(26)51)46-52(34)29-10-14-48(15-11-29)22-28-9-16-50(24-40(28,2)3)36-8-7-33(39(54)55)44-45-36/h7-8,17-21,28-29,37H,5-6,9-16,22-24H2,1-4H3/p+1. The van der Waals surface area contributed by atoms with E-state index in [1.165, 1.54) is 6.07 Å². The first-order valence-corrected chi connectivity index (χ1v) is 19.3. The number of likely N-dealkylation sites (tertiary alicyclic amines) is 1. The second-order valence-corrected chi connectivity index (χ2v) is 16.3. The van der Waals surface area contributed by atoms with Crippen molar-refractivity contribution in [2.75, 3.05) is 49.1 Å². The lowest BCUT2D eigenvalue weighted by molar-refractivity contribution is -0.461. The first kappa shape index (κ1) is 36.9. The molecule has 55 heavy (non-hydrogen) atoms. The molecule has 3 aromatic heterocycles. The van der Waals surface area contributed by atoms with Crippen LogP contribution in [0.25, 0.3) is 11.1 Å². The van der Waals surface area contributed by atoms with Crippen molar-refractivity contribution in [1.82, 2.24) is 34.7 Å². The van der Waals surface area contributed by atoms with Gasteiger partial charge in [-0.2, -0.15) is 14.8 Å². The van der Waals surface area contributed by atoms with Crippen LogP contribution in [0.5, 0.6) is 0 Å². The molecule has 0 radical (unpaired) electrons. The molecule has 2 saturated heterocycles. The Kier molecular flexibility index (Phi) is 9.76. The summed E-state index contributed by atoms with van der Waals surface area (Å²) in [6, 6.07) is 7.01. The zero-order chi connectivity index (χ0) is 38.6. The third-order valence-corrected chi connectivity index (χ3v) is 12.2. The zero-order valence-electron chi connectivity index (χ0n) is 32.0. The maximum Gasteiger partial charge on any atom is 0.383 e. The molecular weight excluding hydrogens is 707 g/mol. The maximum absolute atomic E-state index is 14.7. The predicted octanol–water partition coefficient (Wildman–Crippen LogP) is 5.67. The highest BCUT2D eigenvalue weighted by Gasteiger charge is 2.39. The van der Waals surface area contributed by atoms with Crippen molar-refractivity contribution in [1.29, 1.82) is 0 Å². The molecule has 2 fully saturated rings. The van der Waals surface area contributed by atoms with Gasteiger partial charge in [0.1, 0.15) is 0 Å². The minimum Gasteiger partial charge on any atom is -0.476 e. The monoisotopic (exact) mass is 755 g/mol. The number of benzene rings is 1. The smallest absolute Gasteiger partial charge is 0.383 e. The van der Waals surface area contributed by atoms with Crippen LogP contribution >= 0.6 is 0 Å². The number of hydrogen-bond acceptors (Lipinski definition) is 9. The first-order chi connectivity index (χ1) is 26.4. The van der Waals surface area contributed by atoms with Gasteiger partial charge in [-0.1, -0.05) is 13.8 Å². The molecule has 290 valence electrons. The first-order valence-electron chi connectivity index (χ1n) is 19.3. The summed E-state index contributed by atoms with van der Waals surface area (Å²) in [5.74, 6) is 0.847. The van der Waals surface area contributed by atoms with Gasteiger partial charge >= 0.3 is 11.9 Å². The van der Waals surface area contributed by atoms with Crippen molar-refractivity contribution in [3.63, 3.8) is 0 Å². The van der Waals surface area contributed by atoms with Crippen LogP contribution in [0.1, 0.15) is 91.8 Å². The Hall–Kier alpha value is -5.05. The van der Waals surface area contributed by atoms with Crippen LogP contribution in [0, 0.1) is 11.3 Å². The minimum absolute atomic E-state index is 0.0181. The topological polar surface area (TPSA) is 129 Å². The van der Waals surface area contributed by atoms with E-state index in [1.807, 2.05) is 12.3 Å². The molecule has 4 aromatic rings. The van der Waals surface area contributed by atoms with Gasteiger partial charge in [0.15, 0.2) is 30.1 Å². The molecule has 1 amide bonds. The summed E-state index contributed by atoms with van der Waals surface area (Å²) in [7, 11) is 1.78. The van der Waals surface area contributed by atoms with Crippen LogP contribution in [-0.4, -0.2) is 102 Å². The van der Waals surface area contributed by atoms with Gasteiger partial charge in [-0.25, -0.2) is 18.4 Å². The number of carboxylic acids is 1. The second-order valence-electron chi connectivity index (χ2n) is 16.3. The van der Waals surface area contributed by atoms with Crippen LogP contribution < -0.4 is 9.80 Å². The molecule has 1 unspecified atom stereocenters. The quantitative estimate of drug-likeness (QED) is 0.225. The fourth-order valence-electron chi connectivity index (χ4n) is 9.12. The van der Waals surface area contributed by atoms with Crippen molar-refractivity contribution in [2.24, 2.45) is 18.4 Å². The Morgan fingerprint density at radius 3 is 2.53 bits per heavy atom. The summed E-state index contributed by atoms with van der Waals surface area (Å²) in [5.41, 5.74) is 5.00. The van der Waals surface area contributed by atoms with Gasteiger partial charge in [0.2, 0.25) is 0 Å². The number of aromatic carboxylic acids is 1. The van der Waals surface area contributed by atoms with Crippen LogP contribution in [0.4, 0.5) is 26.1 Å². The van der Waals surface area contributed by atoms with Crippen LogP contribution in [0.2, 0.25) is 0 Å². The van der Waals surface area contributed by atoms with Crippen molar-refractivity contribution < 1.29 is 28.1 Å². The number of aryl methyl sites for hydroxylation is 2. The van der Waals surface area contributed by atoms with Crippen LogP contribution in [0.3, 0.4) is 0 Å². The fraction of sp³-hybridized carbons (Fsp3) is 0.525. The number of hydrogen-bond donors (Lipinski definition) is 1. The predicted molar refractivity (Wildman–Crippen MR) is 203 cm³/mol. The summed E-state index contributed by atoms with van der Waals surface area (Å²) >= 11 is 0. The van der Waals surface area contributed by atoms with E-state index in [2.05, 4.69) is 48.5 Å². The van der Waals surface area contributed by atoms with Gasteiger partial charge < -0.3 is 19.8 Å². The third kappa shape index (κ3) is 7.14. The normalized spacial score (nSPS) is 20.3. The van der Waals surface area contributed by atoms with E-state index in [0.29, 0.717) is 42.4 Å². The number of piperidine rings is 2. The number of halogens is 2. The van der Waals surface area contributed by atoms with Gasteiger partial charge in [-0.3, -0.25) is 9.36 Å². The third-order valence-electron chi connectivity index (χ3n) is 12.2. The average Bonchev–Trinajstić information content (AvgIpc) is 3.78. The van der Waals surface area contributed by atoms with Crippen molar-refractivity contribution in [3.05, 3.63) is 64.7 Å². The maximum atomic E-state index is 14.7. The summed E-state index contributed by atoms with van der Waals surface area (Å²) < 4.78 is 34.9. The lowest BCUT2D eigenvalue weighted by atomic mass is 9.73. The summed E-state index contributed by atoms with van der Waals surface area (Å²) in [4.78, 5) is 30.7. The number of fused-ring (bicyclic) bond motifs is 2. The zero-order valence-corrected chi connectivity index (χ0v) is 32.0. The molecule has 1 aromatic carbocycles. The molecule has 4 aliphatic rings. The Balaban J connectivity index is 1.01. The van der Waals surface area contributed by atoms with Gasteiger partial charge in [0.25, 0.3) is 6.43 Å². The van der Waals surface area contributed by atoms with Crippen molar-refractivity contribution >= 4 is 35.4 Å². The van der Waals surface area contributed by atoms with E-state index in [9.17, 15) is 23.5 Å². The molecule has 1 N–H and O–H groups in total. The summed E-state index contributed by atoms with van der Waals surface area (Å²) in [5, 5.41) is 26.8. The van der Waals surface area contributed by atoms with E-state index in [1.54, 1.807) is 47.8 Å². The molecule has 0 saturated carbocycles. The summed E-state index contributed by atoms with van der Waals surface area (Å²) in [6.07, 6.45) is 7.81. The van der Waals surface area contributed by atoms with Crippen molar-refractivity contribution in [3.8, 4) is 11.1 Å². The highest BCUT2D eigenvalue weighted by molar-refractivity contribution is 5.85. The fourth-order valence-corrected chi connectivity index (χ4v) is 9.12. The number of anilines is 3. The summed E-state index contributed by atoms with van der Waals surface area (Å²) in [6.45, 7) is 11.8. The number of carboxylic acid groups (broad SMARTS) is 1. The van der Waals surface area contributed by atoms with E-state index in [-0.39, 0.29) is 28.6 Å². The average molecular weight is 756 g/mol. The molecule has 0 bridgehead atoms. The Bertz CT molecular complexity index is 2130. The molecule has 1 atom stereocenters. The molecule has 0 spiro atoms. The number of rotatable bonds is 8. The molecular formula is C40H49F2N10O3+. The molecule has 8 rings (SSSR count). The van der Waals surface area contributed by atoms with Gasteiger partial charge in [-0.15, -0.1) is 10.2 Å². The van der Waals surface area contributed by atoms with Gasteiger partial charge in [-0.05, 0) is 78.8 Å². The Labute approximate surface area is 319 Å².